The minimum atomic E-state index is -0.234. The molecule has 0 aromatic heterocycles. The van der Waals surface area contributed by atoms with E-state index in [1.54, 1.807) is 0 Å². The van der Waals surface area contributed by atoms with E-state index >= 15 is 0 Å². The van der Waals surface area contributed by atoms with Crippen LogP contribution in [-0.4, -0.2) is 37.0 Å². The number of fused-ring (bicyclic) bond motifs is 2. The summed E-state index contributed by atoms with van der Waals surface area (Å²) >= 11 is 0. The molecule has 2 bridgehead atoms. The molecule has 98 valence electrons. The fourth-order valence-electron chi connectivity index (χ4n) is 2.69. The summed E-state index contributed by atoms with van der Waals surface area (Å²) in [4.78, 5) is 10.6. The first-order chi connectivity index (χ1) is 8.04. The number of carbonyl (C=O) groups excluding carboxylic acids is 1. The van der Waals surface area contributed by atoms with Crippen LogP contribution in [0.5, 0.6) is 0 Å². The summed E-state index contributed by atoms with van der Waals surface area (Å²) in [5.41, 5.74) is 0. The summed E-state index contributed by atoms with van der Waals surface area (Å²) < 4.78 is 17.0. The van der Waals surface area contributed by atoms with Crippen LogP contribution in [-0.2, 0) is 19.0 Å². The van der Waals surface area contributed by atoms with Crippen molar-refractivity contribution in [2.45, 2.75) is 64.6 Å². The maximum absolute atomic E-state index is 10.6. The van der Waals surface area contributed by atoms with Crippen LogP contribution in [0.1, 0.15) is 34.1 Å². The Kier molecular flexibility index (Phi) is 3.73. The molecule has 0 spiro atoms. The molecule has 2 aliphatic heterocycles. The van der Waals surface area contributed by atoms with Gasteiger partial charge in [0, 0.05) is 0 Å². The first-order valence-corrected chi connectivity index (χ1v) is 6.44. The van der Waals surface area contributed by atoms with Crippen molar-refractivity contribution in [3.8, 4) is 0 Å². The maximum atomic E-state index is 10.6. The van der Waals surface area contributed by atoms with E-state index in [1.807, 2.05) is 0 Å². The van der Waals surface area contributed by atoms with Crippen molar-refractivity contribution in [2.75, 3.05) is 0 Å². The Balaban J connectivity index is 2.03. The molecule has 2 fully saturated rings. The standard InChI is InChI=1S/C13H22O4/c1-7(2)9(4)16-12-10-5-8(3)11(17-10)13(12)15-6-14/h6-13H,5H2,1-4H3/t8?,9-,10?,11?,12?,13?/m1/s1. The van der Waals surface area contributed by atoms with E-state index in [4.69, 9.17) is 14.2 Å². The van der Waals surface area contributed by atoms with Crippen molar-refractivity contribution in [1.82, 2.24) is 0 Å². The highest BCUT2D eigenvalue weighted by molar-refractivity contribution is 5.38. The molecule has 0 aromatic carbocycles. The molecule has 0 aromatic rings. The van der Waals surface area contributed by atoms with Gasteiger partial charge in [-0.05, 0) is 25.2 Å². The van der Waals surface area contributed by atoms with Crippen molar-refractivity contribution >= 4 is 6.47 Å². The fraction of sp³-hybridized carbons (Fsp3) is 0.923. The predicted molar refractivity (Wildman–Crippen MR) is 62.6 cm³/mol. The Labute approximate surface area is 103 Å². The van der Waals surface area contributed by atoms with Gasteiger partial charge >= 0.3 is 0 Å². The van der Waals surface area contributed by atoms with E-state index < -0.39 is 0 Å². The van der Waals surface area contributed by atoms with Crippen molar-refractivity contribution in [1.29, 1.82) is 0 Å². The Morgan fingerprint density at radius 3 is 2.59 bits per heavy atom. The predicted octanol–water partition coefficient (Wildman–Crippen LogP) is 1.76. The number of ether oxygens (including phenoxy) is 3. The van der Waals surface area contributed by atoms with Crippen LogP contribution in [0.3, 0.4) is 0 Å². The van der Waals surface area contributed by atoms with Crippen molar-refractivity contribution in [3.05, 3.63) is 0 Å². The molecule has 2 rings (SSSR count). The Bertz CT molecular complexity index is 279. The van der Waals surface area contributed by atoms with E-state index in [0.717, 1.165) is 6.42 Å². The van der Waals surface area contributed by atoms with E-state index in [0.29, 0.717) is 18.3 Å². The van der Waals surface area contributed by atoms with Gasteiger partial charge in [-0.2, -0.15) is 0 Å². The van der Waals surface area contributed by atoms with Crippen molar-refractivity contribution < 1.29 is 19.0 Å². The highest BCUT2D eigenvalue weighted by Crippen LogP contribution is 2.42. The second-order valence-corrected chi connectivity index (χ2v) is 5.60. The molecule has 2 saturated heterocycles. The lowest BCUT2D eigenvalue weighted by atomic mass is 9.86. The van der Waals surface area contributed by atoms with Crippen molar-refractivity contribution in [2.24, 2.45) is 11.8 Å². The van der Waals surface area contributed by atoms with Gasteiger partial charge in [-0.25, -0.2) is 0 Å². The van der Waals surface area contributed by atoms with Gasteiger partial charge in [0.15, 0.2) is 6.10 Å². The molecule has 0 saturated carbocycles. The van der Waals surface area contributed by atoms with Gasteiger partial charge < -0.3 is 14.2 Å². The molecule has 5 unspecified atom stereocenters. The fourth-order valence-corrected chi connectivity index (χ4v) is 2.69. The quantitative estimate of drug-likeness (QED) is 0.689. The minimum absolute atomic E-state index is 0.00885. The summed E-state index contributed by atoms with van der Waals surface area (Å²) in [7, 11) is 0. The van der Waals surface area contributed by atoms with Gasteiger partial charge in [0.2, 0.25) is 0 Å². The van der Waals surface area contributed by atoms with Gasteiger partial charge in [0.1, 0.15) is 12.2 Å². The van der Waals surface area contributed by atoms with Crippen LogP contribution in [0.2, 0.25) is 0 Å². The zero-order valence-electron chi connectivity index (χ0n) is 11.0. The summed E-state index contributed by atoms with van der Waals surface area (Å²) in [5.74, 6) is 0.891. The van der Waals surface area contributed by atoms with Gasteiger partial charge in [0.05, 0.1) is 12.2 Å². The first-order valence-electron chi connectivity index (χ1n) is 6.44. The third-order valence-corrected chi connectivity index (χ3v) is 4.03. The Hall–Kier alpha value is -0.610. The lowest BCUT2D eigenvalue weighted by Gasteiger charge is -2.32. The third kappa shape index (κ3) is 2.33. The second kappa shape index (κ2) is 4.94. The molecule has 2 aliphatic rings. The first kappa shape index (κ1) is 12.8. The molecular formula is C13H22O4. The average molecular weight is 242 g/mol. The average Bonchev–Trinajstić information content (AvgIpc) is 2.77. The normalized spacial score (nSPS) is 41.8. The van der Waals surface area contributed by atoms with Gasteiger partial charge in [-0.15, -0.1) is 0 Å². The molecule has 17 heavy (non-hydrogen) atoms. The number of rotatable bonds is 5. The van der Waals surface area contributed by atoms with Gasteiger partial charge in [0.25, 0.3) is 6.47 Å². The van der Waals surface area contributed by atoms with E-state index in [2.05, 4.69) is 27.7 Å². The highest BCUT2D eigenvalue weighted by atomic mass is 16.6. The van der Waals surface area contributed by atoms with Crippen LogP contribution in [0.4, 0.5) is 0 Å². The number of hydrogen-bond acceptors (Lipinski definition) is 4. The van der Waals surface area contributed by atoms with Gasteiger partial charge in [-0.3, -0.25) is 4.79 Å². The monoisotopic (exact) mass is 242 g/mol. The summed E-state index contributed by atoms with van der Waals surface area (Å²) in [6, 6.07) is 0. The van der Waals surface area contributed by atoms with E-state index in [1.165, 1.54) is 0 Å². The molecular weight excluding hydrogens is 220 g/mol. The zero-order valence-corrected chi connectivity index (χ0v) is 11.0. The Morgan fingerprint density at radius 2 is 2.00 bits per heavy atom. The minimum Gasteiger partial charge on any atom is -0.459 e. The summed E-state index contributed by atoms with van der Waals surface area (Å²) in [5, 5.41) is 0. The molecule has 2 heterocycles. The largest absolute Gasteiger partial charge is 0.459 e. The SMILES string of the molecule is CC1CC2OC1C(OC=O)C2O[C@H](C)C(C)C. The van der Waals surface area contributed by atoms with Crippen LogP contribution in [0.15, 0.2) is 0 Å². The van der Waals surface area contributed by atoms with E-state index in [-0.39, 0.29) is 30.5 Å². The van der Waals surface area contributed by atoms with Crippen molar-refractivity contribution in [3.63, 3.8) is 0 Å². The highest BCUT2D eigenvalue weighted by Gasteiger charge is 2.55. The summed E-state index contributed by atoms with van der Waals surface area (Å²) in [6.45, 7) is 8.94. The maximum Gasteiger partial charge on any atom is 0.293 e. The topological polar surface area (TPSA) is 44.8 Å². The lowest BCUT2D eigenvalue weighted by Crippen LogP contribution is -2.45. The molecule has 4 heteroatoms. The summed E-state index contributed by atoms with van der Waals surface area (Å²) in [6.07, 6.45) is 0.909. The molecule has 0 amide bonds. The lowest BCUT2D eigenvalue weighted by molar-refractivity contribution is -0.150. The van der Waals surface area contributed by atoms with Gasteiger partial charge in [-0.1, -0.05) is 20.8 Å². The third-order valence-electron chi connectivity index (χ3n) is 4.03. The number of carbonyl (C=O) groups is 1. The second-order valence-electron chi connectivity index (χ2n) is 5.60. The zero-order chi connectivity index (χ0) is 12.6. The number of hydrogen-bond donors (Lipinski definition) is 0. The van der Waals surface area contributed by atoms with Crippen LogP contribution < -0.4 is 0 Å². The molecule has 0 N–H and O–H groups in total. The Morgan fingerprint density at radius 1 is 1.29 bits per heavy atom. The molecule has 4 nitrogen and oxygen atoms in total. The molecule has 6 atom stereocenters. The van der Waals surface area contributed by atoms with Crippen LogP contribution in [0, 0.1) is 11.8 Å². The smallest absolute Gasteiger partial charge is 0.293 e. The van der Waals surface area contributed by atoms with Crippen LogP contribution in [0.25, 0.3) is 0 Å². The molecule has 0 radical (unpaired) electrons. The van der Waals surface area contributed by atoms with E-state index in [9.17, 15) is 4.79 Å². The van der Waals surface area contributed by atoms with Crippen LogP contribution >= 0.6 is 0 Å². The molecule has 0 aliphatic carbocycles.